The lowest BCUT2D eigenvalue weighted by Crippen LogP contribution is -2.01. The molecule has 0 fully saturated rings. The van der Waals surface area contributed by atoms with E-state index >= 15 is 0 Å². The lowest BCUT2D eigenvalue weighted by Gasteiger charge is -2.03. The topological polar surface area (TPSA) is 34.1 Å². The Bertz CT molecular complexity index is 259. The number of hydrogen-bond acceptors (Lipinski definition) is 2. The van der Waals surface area contributed by atoms with Crippen LogP contribution >= 0.6 is 0 Å². The van der Waals surface area contributed by atoms with Gasteiger partial charge in [-0.3, -0.25) is 9.59 Å². The largest absolute Gasteiger partial charge is 0.295 e. The first-order valence-electron chi connectivity index (χ1n) is 4.09. The molecular weight excluding hydrogens is 152 g/mol. The van der Waals surface area contributed by atoms with E-state index in [-0.39, 0.29) is 11.6 Å². The van der Waals surface area contributed by atoms with Crippen LogP contribution in [0, 0.1) is 0 Å². The summed E-state index contributed by atoms with van der Waals surface area (Å²) >= 11 is 0. The molecule has 0 unspecified atom stereocenters. The van der Waals surface area contributed by atoms with Crippen LogP contribution < -0.4 is 0 Å². The van der Waals surface area contributed by atoms with E-state index in [0.717, 1.165) is 18.4 Å². The lowest BCUT2D eigenvalue weighted by atomic mass is 10.0. The standard InChI is InChI=1S/C10H12O2/c1-8(11)9-4-2-3-5-10(12)7-6-9/h3,5-6H,2,4,7H2,1H3. The Morgan fingerprint density at radius 1 is 1.50 bits per heavy atom. The highest BCUT2D eigenvalue weighted by Crippen LogP contribution is 2.11. The van der Waals surface area contributed by atoms with Gasteiger partial charge in [0.15, 0.2) is 11.6 Å². The highest BCUT2D eigenvalue weighted by Gasteiger charge is 2.05. The van der Waals surface area contributed by atoms with E-state index in [2.05, 4.69) is 0 Å². The molecule has 0 aromatic heterocycles. The first kappa shape index (κ1) is 8.91. The molecule has 0 amide bonds. The molecule has 2 nitrogen and oxygen atoms in total. The molecule has 0 aromatic rings. The smallest absolute Gasteiger partial charge is 0.159 e. The van der Waals surface area contributed by atoms with Crippen molar-refractivity contribution < 1.29 is 9.59 Å². The first-order valence-corrected chi connectivity index (χ1v) is 4.09. The fourth-order valence-corrected chi connectivity index (χ4v) is 1.17. The van der Waals surface area contributed by atoms with Gasteiger partial charge in [-0.1, -0.05) is 12.2 Å². The molecule has 0 atom stereocenters. The van der Waals surface area contributed by atoms with E-state index in [9.17, 15) is 9.59 Å². The second kappa shape index (κ2) is 4.00. The van der Waals surface area contributed by atoms with Crippen LogP contribution in [0.3, 0.4) is 0 Å². The molecule has 0 saturated heterocycles. The third-order valence-corrected chi connectivity index (χ3v) is 1.89. The Morgan fingerprint density at radius 2 is 2.25 bits per heavy atom. The molecule has 12 heavy (non-hydrogen) atoms. The van der Waals surface area contributed by atoms with E-state index in [1.165, 1.54) is 0 Å². The van der Waals surface area contributed by atoms with Crippen LogP contribution in [0.15, 0.2) is 23.8 Å². The summed E-state index contributed by atoms with van der Waals surface area (Å²) in [5.74, 6) is 0.159. The summed E-state index contributed by atoms with van der Waals surface area (Å²) in [4.78, 5) is 21.9. The monoisotopic (exact) mass is 164 g/mol. The highest BCUT2D eigenvalue weighted by molar-refractivity contribution is 5.96. The Morgan fingerprint density at radius 3 is 2.92 bits per heavy atom. The summed E-state index contributed by atoms with van der Waals surface area (Å²) in [5.41, 5.74) is 0.785. The predicted molar refractivity (Wildman–Crippen MR) is 46.8 cm³/mol. The Hall–Kier alpha value is -1.18. The minimum absolute atomic E-state index is 0.0773. The fraction of sp³-hybridized carbons (Fsp3) is 0.400. The molecule has 0 N–H and O–H groups in total. The van der Waals surface area contributed by atoms with Gasteiger partial charge in [0.25, 0.3) is 0 Å². The molecule has 1 aliphatic rings. The number of carbonyl (C=O) groups is 2. The van der Waals surface area contributed by atoms with Crippen LogP contribution in [0.5, 0.6) is 0 Å². The second-order valence-electron chi connectivity index (χ2n) is 2.90. The summed E-state index contributed by atoms with van der Waals surface area (Å²) in [7, 11) is 0. The normalized spacial score (nSPS) is 18.1. The first-order chi connectivity index (χ1) is 5.70. The maximum absolute atomic E-state index is 11.0. The summed E-state index contributed by atoms with van der Waals surface area (Å²) in [6, 6.07) is 0. The van der Waals surface area contributed by atoms with Crippen molar-refractivity contribution >= 4 is 11.6 Å². The number of rotatable bonds is 1. The summed E-state index contributed by atoms with van der Waals surface area (Å²) < 4.78 is 0. The van der Waals surface area contributed by atoms with Crippen molar-refractivity contribution in [1.29, 1.82) is 0 Å². The van der Waals surface area contributed by atoms with Crippen molar-refractivity contribution in [2.75, 3.05) is 0 Å². The van der Waals surface area contributed by atoms with Gasteiger partial charge in [0.05, 0.1) is 0 Å². The molecule has 1 rings (SSSR count). The summed E-state index contributed by atoms with van der Waals surface area (Å²) in [5, 5.41) is 0. The van der Waals surface area contributed by atoms with Crippen LogP contribution in [-0.4, -0.2) is 11.6 Å². The molecular formula is C10H12O2. The van der Waals surface area contributed by atoms with Gasteiger partial charge < -0.3 is 0 Å². The Labute approximate surface area is 72.0 Å². The van der Waals surface area contributed by atoms with Gasteiger partial charge in [-0.05, 0) is 31.4 Å². The van der Waals surface area contributed by atoms with E-state index in [1.807, 2.05) is 6.08 Å². The highest BCUT2D eigenvalue weighted by atomic mass is 16.1. The van der Waals surface area contributed by atoms with Gasteiger partial charge in [-0.15, -0.1) is 0 Å². The SMILES string of the molecule is CC(=O)C1=CCC(=O)C=CCC1. The molecule has 0 aromatic carbocycles. The summed E-state index contributed by atoms with van der Waals surface area (Å²) in [6.07, 6.45) is 7.08. The average Bonchev–Trinajstić information content (AvgIpc) is 1.97. The zero-order valence-electron chi connectivity index (χ0n) is 7.17. The number of carbonyl (C=O) groups excluding carboxylic acids is 2. The molecule has 1 aliphatic carbocycles. The van der Waals surface area contributed by atoms with Crippen LogP contribution in [0.25, 0.3) is 0 Å². The minimum Gasteiger partial charge on any atom is -0.295 e. The molecule has 2 heteroatoms. The number of Topliss-reactive ketones (excluding diaryl/α,β-unsaturated/α-hetero) is 1. The van der Waals surface area contributed by atoms with E-state index in [1.54, 1.807) is 19.1 Å². The van der Waals surface area contributed by atoms with Crippen molar-refractivity contribution in [3.63, 3.8) is 0 Å². The number of ketones is 2. The van der Waals surface area contributed by atoms with Crippen LogP contribution in [-0.2, 0) is 9.59 Å². The maximum atomic E-state index is 11.0. The number of hydrogen-bond donors (Lipinski definition) is 0. The van der Waals surface area contributed by atoms with Gasteiger partial charge in [-0.2, -0.15) is 0 Å². The fourth-order valence-electron chi connectivity index (χ4n) is 1.17. The lowest BCUT2D eigenvalue weighted by molar-refractivity contribution is -0.113. The molecule has 0 bridgehead atoms. The van der Waals surface area contributed by atoms with Crippen molar-refractivity contribution in [2.24, 2.45) is 0 Å². The molecule has 0 aliphatic heterocycles. The van der Waals surface area contributed by atoms with Gasteiger partial charge in [0.2, 0.25) is 0 Å². The number of allylic oxidation sites excluding steroid dienone is 4. The zero-order chi connectivity index (χ0) is 8.97. The third-order valence-electron chi connectivity index (χ3n) is 1.89. The minimum atomic E-state index is 0.0773. The van der Waals surface area contributed by atoms with Crippen molar-refractivity contribution in [1.82, 2.24) is 0 Å². The van der Waals surface area contributed by atoms with Gasteiger partial charge >= 0.3 is 0 Å². The van der Waals surface area contributed by atoms with Crippen molar-refractivity contribution in [3.05, 3.63) is 23.8 Å². The molecule has 64 valence electrons. The Kier molecular flexibility index (Phi) is 2.97. The van der Waals surface area contributed by atoms with E-state index < -0.39 is 0 Å². The van der Waals surface area contributed by atoms with Crippen LogP contribution in [0.4, 0.5) is 0 Å². The van der Waals surface area contributed by atoms with Crippen LogP contribution in [0.1, 0.15) is 26.2 Å². The van der Waals surface area contributed by atoms with E-state index in [4.69, 9.17) is 0 Å². The van der Waals surface area contributed by atoms with Gasteiger partial charge in [-0.25, -0.2) is 0 Å². The quantitative estimate of drug-likeness (QED) is 0.592. The summed E-state index contributed by atoms with van der Waals surface area (Å²) in [6.45, 7) is 1.54. The van der Waals surface area contributed by atoms with Crippen molar-refractivity contribution in [3.8, 4) is 0 Å². The average molecular weight is 164 g/mol. The second-order valence-corrected chi connectivity index (χ2v) is 2.90. The Balaban J connectivity index is 2.71. The van der Waals surface area contributed by atoms with E-state index in [0.29, 0.717) is 6.42 Å². The molecule has 0 radical (unpaired) electrons. The molecule has 0 saturated carbocycles. The molecule has 0 spiro atoms. The van der Waals surface area contributed by atoms with Crippen molar-refractivity contribution in [2.45, 2.75) is 26.2 Å². The van der Waals surface area contributed by atoms with Crippen LogP contribution in [0.2, 0.25) is 0 Å². The third kappa shape index (κ3) is 2.46. The zero-order valence-corrected chi connectivity index (χ0v) is 7.17. The maximum Gasteiger partial charge on any atom is 0.159 e. The van der Waals surface area contributed by atoms with Gasteiger partial charge in [0, 0.05) is 6.42 Å². The predicted octanol–water partition coefficient (Wildman–Crippen LogP) is 1.81. The van der Waals surface area contributed by atoms with Gasteiger partial charge in [0.1, 0.15) is 0 Å². The molecule has 0 heterocycles.